The number of hydrogen-bond acceptors (Lipinski definition) is 4. The number of hydrogen-bond donors (Lipinski definition) is 1. The largest absolute Gasteiger partial charge is 0.497 e. The zero-order valence-corrected chi connectivity index (χ0v) is 15.4. The van der Waals surface area contributed by atoms with Gasteiger partial charge in [0.15, 0.2) is 0 Å². The number of methoxy groups -OCH3 is 1. The molecule has 27 heavy (non-hydrogen) atoms. The van der Waals surface area contributed by atoms with E-state index in [9.17, 15) is 4.79 Å². The predicted molar refractivity (Wildman–Crippen MR) is 108 cm³/mol. The molecule has 0 fully saturated rings. The monoisotopic (exact) mass is 359 g/mol. The molecule has 0 aliphatic heterocycles. The van der Waals surface area contributed by atoms with Crippen molar-refractivity contribution in [1.82, 2.24) is 5.32 Å². The second-order valence-electron chi connectivity index (χ2n) is 6.62. The van der Waals surface area contributed by atoms with E-state index in [4.69, 9.17) is 9.15 Å². The molecule has 0 bridgehead atoms. The van der Waals surface area contributed by atoms with Gasteiger partial charge >= 0.3 is 5.63 Å². The van der Waals surface area contributed by atoms with Crippen molar-refractivity contribution in [2.45, 2.75) is 19.5 Å². The van der Waals surface area contributed by atoms with Crippen LogP contribution in [0.3, 0.4) is 0 Å². The van der Waals surface area contributed by atoms with E-state index in [-0.39, 0.29) is 11.7 Å². The number of benzene rings is 3. The lowest BCUT2D eigenvalue weighted by Gasteiger charge is -2.17. The van der Waals surface area contributed by atoms with Crippen molar-refractivity contribution in [3.05, 3.63) is 88.3 Å². The van der Waals surface area contributed by atoms with E-state index in [0.717, 1.165) is 10.9 Å². The first-order valence-electron chi connectivity index (χ1n) is 8.97. The van der Waals surface area contributed by atoms with Crippen molar-refractivity contribution in [2.24, 2.45) is 0 Å². The maximum atomic E-state index is 12.0. The highest BCUT2D eigenvalue weighted by Gasteiger charge is 2.11. The van der Waals surface area contributed by atoms with E-state index in [1.165, 1.54) is 16.3 Å². The van der Waals surface area contributed by atoms with E-state index < -0.39 is 0 Å². The molecule has 0 aliphatic rings. The van der Waals surface area contributed by atoms with Crippen LogP contribution in [0.4, 0.5) is 0 Å². The van der Waals surface area contributed by atoms with Crippen molar-refractivity contribution in [1.29, 1.82) is 0 Å². The summed E-state index contributed by atoms with van der Waals surface area (Å²) < 4.78 is 10.6. The molecule has 1 heterocycles. The quantitative estimate of drug-likeness (QED) is 0.520. The molecule has 0 unspecified atom stereocenters. The van der Waals surface area contributed by atoms with Crippen molar-refractivity contribution in [2.75, 3.05) is 7.11 Å². The normalized spacial score (nSPS) is 12.4. The maximum Gasteiger partial charge on any atom is 0.336 e. The highest BCUT2D eigenvalue weighted by molar-refractivity contribution is 5.86. The molecule has 1 atom stereocenters. The first kappa shape index (κ1) is 17.3. The van der Waals surface area contributed by atoms with Crippen LogP contribution in [-0.2, 0) is 6.54 Å². The molecule has 3 aromatic carbocycles. The van der Waals surface area contributed by atoms with E-state index in [0.29, 0.717) is 17.9 Å². The highest BCUT2D eigenvalue weighted by Crippen LogP contribution is 2.26. The summed E-state index contributed by atoms with van der Waals surface area (Å²) in [4.78, 5) is 12.0. The summed E-state index contributed by atoms with van der Waals surface area (Å²) in [6.07, 6.45) is 0. The molecule has 0 amide bonds. The summed E-state index contributed by atoms with van der Waals surface area (Å²) in [5, 5.41) is 6.92. The molecule has 0 radical (unpaired) electrons. The number of nitrogens with one attached hydrogen (secondary N) is 1. The topological polar surface area (TPSA) is 51.5 Å². The molecular weight excluding hydrogens is 338 g/mol. The van der Waals surface area contributed by atoms with Crippen LogP contribution in [0.2, 0.25) is 0 Å². The highest BCUT2D eigenvalue weighted by atomic mass is 16.5. The van der Waals surface area contributed by atoms with Crippen LogP contribution in [0.15, 0.2) is 75.9 Å². The minimum absolute atomic E-state index is 0.136. The Kier molecular flexibility index (Phi) is 4.65. The predicted octanol–water partition coefficient (Wildman–Crippen LogP) is 4.81. The van der Waals surface area contributed by atoms with Gasteiger partial charge in [-0.3, -0.25) is 0 Å². The Morgan fingerprint density at radius 2 is 1.81 bits per heavy atom. The lowest BCUT2D eigenvalue weighted by molar-refractivity contribution is 0.414. The van der Waals surface area contributed by atoms with Crippen molar-refractivity contribution in [3.8, 4) is 5.75 Å². The fraction of sp³-hybridized carbons (Fsp3) is 0.174. The van der Waals surface area contributed by atoms with E-state index in [2.05, 4.69) is 48.6 Å². The Morgan fingerprint density at radius 1 is 1.00 bits per heavy atom. The second-order valence-corrected chi connectivity index (χ2v) is 6.62. The van der Waals surface area contributed by atoms with Gasteiger partial charge in [-0.05, 0) is 41.0 Å². The average molecular weight is 359 g/mol. The van der Waals surface area contributed by atoms with Crippen molar-refractivity contribution < 1.29 is 9.15 Å². The van der Waals surface area contributed by atoms with Crippen molar-refractivity contribution in [3.63, 3.8) is 0 Å². The molecule has 136 valence electrons. The van der Waals surface area contributed by atoms with Crippen LogP contribution >= 0.6 is 0 Å². The lowest BCUT2D eigenvalue weighted by atomic mass is 9.99. The Labute approximate surface area is 157 Å². The minimum atomic E-state index is -0.356. The van der Waals surface area contributed by atoms with Gasteiger partial charge in [0.1, 0.15) is 11.3 Å². The summed E-state index contributed by atoms with van der Waals surface area (Å²) in [6.45, 7) is 2.71. The third-order valence-electron chi connectivity index (χ3n) is 4.93. The third kappa shape index (κ3) is 3.44. The fourth-order valence-electron chi connectivity index (χ4n) is 3.48. The fourth-order valence-corrected chi connectivity index (χ4v) is 3.48. The maximum absolute atomic E-state index is 12.0. The zero-order chi connectivity index (χ0) is 18.8. The first-order valence-corrected chi connectivity index (χ1v) is 8.97. The molecule has 0 saturated heterocycles. The first-order chi connectivity index (χ1) is 13.2. The zero-order valence-electron chi connectivity index (χ0n) is 15.4. The van der Waals surface area contributed by atoms with Gasteiger partial charge in [-0.15, -0.1) is 0 Å². The van der Waals surface area contributed by atoms with Crippen LogP contribution in [0.5, 0.6) is 5.75 Å². The second kappa shape index (κ2) is 7.25. The summed E-state index contributed by atoms with van der Waals surface area (Å²) in [5.41, 5.74) is 2.33. The van der Waals surface area contributed by atoms with Gasteiger partial charge in [0.2, 0.25) is 0 Å². The number of fused-ring (bicyclic) bond motifs is 2. The van der Waals surface area contributed by atoms with Gasteiger partial charge in [-0.25, -0.2) is 4.79 Å². The van der Waals surface area contributed by atoms with Gasteiger partial charge in [-0.2, -0.15) is 0 Å². The molecule has 1 aromatic heterocycles. The molecule has 0 aliphatic carbocycles. The Morgan fingerprint density at radius 3 is 2.67 bits per heavy atom. The smallest absolute Gasteiger partial charge is 0.336 e. The minimum Gasteiger partial charge on any atom is -0.497 e. The van der Waals surface area contributed by atoms with Gasteiger partial charge in [-0.1, -0.05) is 42.5 Å². The van der Waals surface area contributed by atoms with Gasteiger partial charge in [0, 0.05) is 30.1 Å². The van der Waals surface area contributed by atoms with Crippen LogP contribution < -0.4 is 15.7 Å². The molecule has 0 saturated carbocycles. The standard InChI is InChI=1S/C23H21NO3/c1-15(19-9-5-7-16-6-3-4-8-20(16)19)24-14-17-12-23(25)27-22-13-18(26-2)10-11-21(17)22/h3-13,15,24H,14H2,1-2H3/t15-/m1/s1. The number of ether oxygens (including phenoxy) is 1. The summed E-state index contributed by atoms with van der Waals surface area (Å²) >= 11 is 0. The van der Waals surface area contributed by atoms with Gasteiger partial charge in [0.25, 0.3) is 0 Å². The SMILES string of the molecule is COc1ccc2c(CN[C@H](C)c3cccc4ccccc34)cc(=O)oc2c1. The Balaban J connectivity index is 1.64. The van der Waals surface area contributed by atoms with E-state index >= 15 is 0 Å². The van der Waals surface area contributed by atoms with E-state index in [1.807, 2.05) is 18.2 Å². The molecule has 4 heteroatoms. The van der Waals surface area contributed by atoms with Gasteiger partial charge in [0.05, 0.1) is 7.11 Å². The molecular formula is C23H21NO3. The number of rotatable bonds is 5. The van der Waals surface area contributed by atoms with Crippen molar-refractivity contribution >= 4 is 21.7 Å². The van der Waals surface area contributed by atoms with Gasteiger partial charge < -0.3 is 14.5 Å². The lowest BCUT2D eigenvalue weighted by Crippen LogP contribution is -2.19. The molecule has 0 spiro atoms. The summed E-state index contributed by atoms with van der Waals surface area (Å²) in [7, 11) is 1.59. The summed E-state index contributed by atoms with van der Waals surface area (Å²) in [5.74, 6) is 0.667. The molecule has 4 aromatic rings. The molecule has 4 rings (SSSR count). The van der Waals surface area contributed by atoms with Crippen LogP contribution in [0.1, 0.15) is 24.1 Å². The Hall–Kier alpha value is -3.11. The van der Waals surface area contributed by atoms with Crippen LogP contribution in [-0.4, -0.2) is 7.11 Å². The van der Waals surface area contributed by atoms with Crippen LogP contribution in [0, 0.1) is 0 Å². The average Bonchev–Trinajstić information content (AvgIpc) is 2.70. The molecule has 4 nitrogen and oxygen atoms in total. The Bertz CT molecular complexity index is 1160. The third-order valence-corrected chi connectivity index (χ3v) is 4.93. The molecule has 1 N–H and O–H groups in total. The van der Waals surface area contributed by atoms with Crippen LogP contribution in [0.25, 0.3) is 21.7 Å². The summed E-state index contributed by atoms with van der Waals surface area (Å²) in [6, 6.07) is 21.9. The van der Waals surface area contributed by atoms with E-state index in [1.54, 1.807) is 19.2 Å².